The fraction of sp³-hybridized carbons (Fsp3) is 0.800. The third-order valence-electron chi connectivity index (χ3n) is 3.11. The minimum Gasteiger partial charge on any atom is -0.367 e. The van der Waals surface area contributed by atoms with E-state index in [1.54, 1.807) is 0 Å². The third kappa shape index (κ3) is 2.22. The van der Waals surface area contributed by atoms with Crippen molar-refractivity contribution in [3.05, 3.63) is 0 Å². The molecule has 1 saturated heterocycles. The van der Waals surface area contributed by atoms with Gasteiger partial charge in [0.1, 0.15) is 0 Å². The summed E-state index contributed by atoms with van der Waals surface area (Å²) < 4.78 is 4.02. The van der Waals surface area contributed by atoms with E-state index in [0.717, 1.165) is 24.1 Å². The molecule has 1 atom stereocenters. The lowest BCUT2D eigenvalue weighted by atomic mass is 9.80. The van der Waals surface area contributed by atoms with E-state index in [-0.39, 0.29) is 0 Å². The molecule has 0 saturated carbocycles. The summed E-state index contributed by atoms with van der Waals surface area (Å²) in [4.78, 5) is 6.52. The van der Waals surface area contributed by atoms with E-state index in [0.29, 0.717) is 11.4 Å². The number of hydrogen-bond acceptors (Lipinski definition) is 5. The first-order chi connectivity index (χ1) is 6.97. The van der Waals surface area contributed by atoms with Crippen LogP contribution in [0.5, 0.6) is 0 Å². The van der Waals surface area contributed by atoms with Crippen LogP contribution in [0.4, 0.5) is 11.1 Å². The van der Waals surface area contributed by atoms with Crippen molar-refractivity contribution in [2.24, 2.45) is 11.3 Å². The summed E-state index contributed by atoms with van der Waals surface area (Å²) in [5, 5.41) is 0.972. The van der Waals surface area contributed by atoms with Crippen molar-refractivity contribution >= 4 is 22.6 Å². The first-order valence-corrected chi connectivity index (χ1v) is 6.08. The van der Waals surface area contributed by atoms with E-state index >= 15 is 0 Å². The van der Waals surface area contributed by atoms with E-state index in [1.165, 1.54) is 18.0 Å². The summed E-state index contributed by atoms with van der Waals surface area (Å²) in [5.41, 5.74) is 5.91. The van der Waals surface area contributed by atoms with Gasteiger partial charge in [0.25, 0.3) is 0 Å². The molecule has 2 rings (SSSR count). The number of nitrogen functional groups attached to an aromatic ring is 1. The second-order valence-corrected chi connectivity index (χ2v) is 5.96. The second kappa shape index (κ2) is 3.63. The molecule has 1 aliphatic rings. The fourth-order valence-electron chi connectivity index (χ4n) is 2.00. The number of nitrogens with two attached hydrogens (primary N) is 1. The monoisotopic (exact) mass is 226 g/mol. The molecule has 0 aromatic carbocycles. The molecule has 0 spiro atoms. The van der Waals surface area contributed by atoms with Gasteiger partial charge in [-0.1, -0.05) is 20.8 Å². The highest BCUT2D eigenvalue weighted by Gasteiger charge is 2.32. The lowest BCUT2D eigenvalue weighted by Gasteiger charge is -2.26. The van der Waals surface area contributed by atoms with Gasteiger partial charge in [0.2, 0.25) is 11.1 Å². The molecule has 15 heavy (non-hydrogen) atoms. The lowest BCUT2D eigenvalue weighted by molar-refractivity contribution is 0.263. The summed E-state index contributed by atoms with van der Waals surface area (Å²) in [7, 11) is 0. The summed E-state index contributed by atoms with van der Waals surface area (Å²) in [5.74, 6) is 1.14. The Morgan fingerprint density at radius 1 is 1.47 bits per heavy atom. The van der Waals surface area contributed by atoms with Crippen LogP contribution >= 0.6 is 11.5 Å². The molecule has 0 amide bonds. The molecule has 1 aliphatic heterocycles. The van der Waals surface area contributed by atoms with Gasteiger partial charge in [-0.15, -0.1) is 0 Å². The number of nitrogens with zero attached hydrogens (tertiary/aromatic N) is 3. The fourth-order valence-corrected chi connectivity index (χ4v) is 2.63. The molecule has 0 radical (unpaired) electrons. The van der Waals surface area contributed by atoms with Crippen LogP contribution in [0, 0.1) is 11.3 Å². The maximum absolute atomic E-state index is 5.53. The van der Waals surface area contributed by atoms with Crippen molar-refractivity contribution in [3.63, 3.8) is 0 Å². The van der Waals surface area contributed by atoms with Crippen molar-refractivity contribution in [2.45, 2.75) is 27.2 Å². The van der Waals surface area contributed by atoms with Gasteiger partial charge in [-0.3, -0.25) is 0 Å². The SMILES string of the molecule is CC(C)(C)C1CCN(c2nc(N)ns2)C1. The Hall–Kier alpha value is -0.840. The van der Waals surface area contributed by atoms with Gasteiger partial charge in [0, 0.05) is 24.6 Å². The van der Waals surface area contributed by atoms with E-state index in [9.17, 15) is 0 Å². The molecule has 4 nitrogen and oxygen atoms in total. The molecule has 2 N–H and O–H groups in total. The molecular formula is C10H18N4S. The average molecular weight is 226 g/mol. The molecule has 0 aliphatic carbocycles. The lowest BCUT2D eigenvalue weighted by Crippen LogP contribution is -2.25. The summed E-state index contributed by atoms with van der Waals surface area (Å²) in [6, 6.07) is 0. The number of rotatable bonds is 1. The van der Waals surface area contributed by atoms with Crippen LogP contribution in [0.15, 0.2) is 0 Å². The van der Waals surface area contributed by atoms with Crippen LogP contribution in [0.1, 0.15) is 27.2 Å². The van der Waals surface area contributed by atoms with Gasteiger partial charge in [-0.2, -0.15) is 9.36 Å². The predicted molar refractivity (Wildman–Crippen MR) is 64.1 cm³/mol. The van der Waals surface area contributed by atoms with Crippen molar-refractivity contribution in [2.75, 3.05) is 23.7 Å². The number of aromatic nitrogens is 2. The summed E-state index contributed by atoms with van der Waals surface area (Å²) >= 11 is 1.40. The maximum Gasteiger partial charge on any atom is 0.233 e. The standard InChI is InChI=1S/C10H18N4S/c1-10(2,3)7-4-5-14(6-7)9-12-8(11)13-15-9/h7H,4-6H2,1-3H3,(H2,11,13). The maximum atomic E-state index is 5.53. The van der Waals surface area contributed by atoms with E-state index in [4.69, 9.17) is 5.73 Å². The second-order valence-electron chi connectivity index (χ2n) is 5.23. The molecule has 1 aromatic heterocycles. The van der Waals surface area contributed by atoms with Crippen LogP contribution in [0.25, 0.3) is 0 Å². The number of hydrogen-bond donors (Lipinski definition) is 1. The number of anilines is 2. The third-order valence-corrected chi connectivity index (χ3v) is 3.91. The first-order valence-electron chi connectivity index (χ1n) is 5.31. The van der Waals surface area contributed by atoms with Gasteiger partial charge < -0.3 is 10.6 Å². The minimum absolute atomic E-state index is 0.380. The normalized spacial score (nSPS) is 22.3. The zero-order valence-corrected chi connectivity index (χ0v) is 10.3. The molecule has 2 heterocycles. The Morgan fingerprint density at radius 3 is 2.67 bits per heavy atom. The average Bonchev–Trinajstić information content (AvgIpc) is 2.69. The molecule has 5 heteroatoms. The van der Waals surface area contributed by atoms with Crippen LogP contribution in [0.2, 0.25) is 0 Å². The van der Waals surface area contributed by atoms with Gasteiger partial charge in [-0.25, -0.2) is 0 Å². The van der Waals surface area contributed by atoms with Crippen molar-refractivity contribution in [1.29, 1.82) is 0 Å². The first kappa shape index (κ1) is 10.7. The Bertz CT molecular complexity index is 341. The quantitative estimate of drug-likeness (QED) is 0.795. The van der Waals surface area contributed by atoms with Gasteiger partial charge in [-0.05, 0) is 17.8 Å². The smallest absolute Gasteiger partial charge is 0.233 e. The highest BCUT2D eigenvalue weighted by Crippen LogP contribution is 2.35. The van der Waals surface area contributed by atoms with Gasteiger partial charge in [0.05, 0.1) is 0 Å². The zero-order valence-electron chi connectivity index (χ0n) is 9.53. The van der Waals surface area contributed by atoms with Gasteiger partial charge in [0.15, 0.2) is 0 Å². The zero-order chi connectivity index (χ0) is 11.1. The Morgan fingerprint density at radius 2 is 2.20 bits per heavy atom. The highest BCUT2D eigenvalue weighted by atomic mass is 32.1. The van der Waals surface area contributed by atoms with E-state index in [2.05, 4.69) is 35.0 Å². The summed E-state index contributed by atoms with van der Waals surface area (Å²) in [6.07, 6.45) is 1.24. The van der Waals surface area contributed by atoms with Crippen LogP contribution in [-0.2, 0) is 0 Å². The van der Waals surface area contributed by atoms with E-state index < -0.39 is 0 Å². The predicted octanol–water partition coefficient (Wildman–Crippen LogP) is 1.99. The highest BCUT2D eigenvalue weighted by molar-refractivity contribution is 7.09. The summed E-state index contributed by atoms with van der Waals surface area (Å²) in [6.45, 7) is 9.07. The van der Waals surface area contributed by atoms with Crippen molar-refractivity contribution < 1.29 is 0 Å². The largest absolute Gasteiger partial charge is 0.367 e. The Labute approximate surface area is 94.7 Å². The molecule has 0 bridgehead atoms. The van der Waals surface area contributed by atoms with Crippen molar-refractivity contribution in [1.82, 2.24) is 9.36 Å². The Balaban J connectivity index is 2.04. The molecule has 1 aromatic rings. The Kier molecular flexibility index (Phi) is 2.58. The molecular weight excluding hydrogens is 208 g/mol. The van der Waals surface area contributed by atoms with Crippen LogP contribution in [-0.4, -0.2) is 22.4 Å². The molecule has 1 unspecified atom stereocenters. The van der Waals surface area contributed by atoms with Crippen LogP contribution < -0.4 is 10.6 Å². The molecule has 1 fully saturated rings. The minimum atomic E-state index is 0.380. The van der Waals surface area contributed by atoms with E-state index in [1.807, 2.05) is 0 Å². The topological polar surface area (TPSA) is 55.0 Å². The van der Waals surface area contributed by atoms with Crippen molar-refractivity contribution in [3.8, 4) is 0 Å². The molecule has 84 valence electrons. The van der Waals surface area contributed by atoms with Crippen LogP contribution in [0.3, 0.4) is 0 Å². The van der Waals surface area contributed by atoms with Gasteiger partial charge >= 0.3 is 0 Å².